The van der Waals surface area contributed by atoms with Gasteiger partial charge in [-0.15, -0.1) is 5.10 Å². The van der Waals surface area contributed by atoms with Crippen molar-refractivity contribution < 1.29 is 13.2 Å². The van der Waals surface area contributed by atoms with Crippen molar-refractivity contribution in [1.82, 2.24) is 14.5 Å². The molecule has 2 fully saturated rings. The molecule has 1 aromatic heterocycles. The molecule has 0 unspecified atom stereocenters. The summed E-state index contributed by atoms with van der Waals surface area (Å²) >= 11 is 0. The predicted molar refractivity (Wildman–Crippen MR) is 112 cm³/mol. The largest absolute Gasteiger partial charge is 0.378 e. The molecular weight excluding hydrogens is 390 g/mol. The molecule has 2 aromatic rings. The Kier molecular flexibility index (Phi) is 5.98. The number of hydrogen-bond donors (Lipinski definition) is 0. The van der Waals surface area contributed by atoms with Gasteiger partial charge in [0.2, 0.25) is 10.0 Å². The molecule has 0 N–H and O–H groups in total. The first-order valence-corrected chi connectivity index (χ1v) is 11.5. The summed E-state index contributed by atoms with van der Waals surface area (Å²) in [6.07, 6.45) is 2.64. The van der Waals surface area contributed by atoms with E-state index >= 15 is 0 Å². The van der Waals surface area contributed by atoms with Crippen molar-refractivity contribution in [2.75, 3.05) is 62.3 Å². The van der Waals surface area contributed by atoms with Crippen molar-refractivity contribution in [3.05, 3.63) is 42.1 Å². The Balaban J connectivity index is 1.42. The molecule has 1 aromatic carbocycles. The number of benzene rings is 1. The van der Waals surface area contributed by atoms with Gasteiger partial charge in [0, 0.05) is 45.3 Å². The lowest BCUT2D eigenvalue weighted by atomic mass is 10.2. The Labute approximate surface area is 172 Å². The van der Waals surface area contributed by atoms with Crippen molar-refractivity contribution >= 4 is 21.5 Å². The lowest BCUT2D eigenvalue weighted by Gasteiger charge is -2.35. The number of aryl methyl sites for hydroxylation is 1. The zero-order valence-corrected chi connectivity index (χ0v) is 17.5. The minimum Gasteiger partial charge on any atom is -0.378 e. The maximum atomic E-state index is 13.0. The second-order valence-electron chi connectivity index (χ2n) is 7.26. The molecule has 3 heterocycles. The van der Waals surface area contributed by atoms with Crippen molar-refractivity contribution in [3.63, 3.8) is 0 Å². The molecule has 9 heteroatoms. The maximum absolute atomic E-state index is 13.0. The van der Waals surface area contributed by atoms with Gasteiger partial charge in [-0.1, -0.05) is 19.1 Å². The van der Waals surface area contributed by atoms with Crippen LogP contribution in [-0.2, 0) is 21.2 Å². The van der Waals surface area contributed by atoms with Crippen LogP contribution in [0.3, 0.4) is 0 Å². The number of aromatic nitrogens is 2. The molecule has 0 spiro atoms. The molecule has 2 aliphatic heterocycles. The highest BCUT2D eigenvalue weighted by Gasteiger charge is 2.29. The van der Waals surface area contributed by atoms with Crippen molar-refractivity contribution in [3.8, 4) is 0 Å². The minimum atomic E-state index is -3.46. The zero-order valence-electron chi connectivity index (χ0n) is 16.7. The first kappa shape index (κ1) is 20.1. The number of anilines is 2. The van der Waals surface area contributed by atoms with Gasteiger partial charge >= 0.3 is 0 Å². The summed E-state index contributed by atoms with van der Waals surface area (Å²) in [7, 11) is -3.46. The number of piperazine rings is 1. The fourth-order valence-electron chi connectivity index (χ4n) is 3.70. The van der Waals surface area contributed by atoms with Crippen LogP contribution in [0.1, 0.15) is 12.5 Å². The summed E-state index contributed by atoms with van der Waals surface area (Å²) in [5, 5.41) is 8.41. The van der Waals surface area contributed by atoms with E-state index in [9.17, 15) is 8.42 Å². The highest BCUT2D eigenvalue weighted by Crippen LogP contribution is 2.23. The van der Waals surface area contributed by atoms with Gasteiger partial charge in [0.15, 0.2) is 5.82 Å². The summed E-state index contributed by atoms with van der Waals surface area (Å²) in [6.45, 7) is 7.22. The fraction of sp³-hybridized carbons (Fsp3) is 0.500. The third-order valence-electron chi connectivity index (χ3n) is 5.54. The van der Waals surface area contributed by atoms with Crippen LogP contribution in [0.2, 0.25) is 0 Å². The van der Waals surface area contributed by atoms with E-state index in [0.717, 1.165) is 36.6 Å². The molecule has 2 saturated heterocycles. The van der Waals surface area contributed by atoms with E-state index in [-0.39, 0.29) is 0 Å². The molecule has 2 aliphatic rings. The Morgan fingerprint density at radius 1 is 0.966 bits per heavy atom. The summed E-state index contributed by atoms with van der Waals surface area (Å²) in [6, 6.07) is 9.23. The molecular formula is C20H27N5O3S. The zero-order chi connectivity index (χ0) is 20.3. The molecule has 29 heavy (non-hydrogen) atoms. The van der Waals surface area contributed by atoms with Crippen LogP contribution in [0.4, 0.5) is 11.5 Å². The minimum absolute atomic E-state index is 0.364. The quantitative estimate of drug-likeness (QED) is 0.727. The van der Waals surface area contributed by atoms with E-state index in [0.29, 0.717) is 44.3 Å². The molecule has 0 atom stereocenters. The average molecular weight is 418 g/mol. The number of rotatable bonds is 5. The molecule has 0 radical (unpaired) electrons. The van der Waals surface area contributed by atoms with Crippen LogP contribution >= 0.6 is 0 Å². The normalized spacial score (nSPS) is 18.8. The second-order valence-corrected chi connectivity index (χ2v) is 9.20. The van der Waals surface area contributed by atoms with Crippen molar-refractivity contribution in [2.24, 2.45) is 0 Å². The second kappa shape index (κ2) is 8.64. The summed E-state index contributed by atoms with van der Waals surface area (Å²) in [5.74, 6) is 0.844. The smallest absolute Gasteiger partial charge is 0.243 e. The average Bonchev–Trinajstić information content (AvgIpc) is 2.80. The van der Waals surface area contributed by atoms with Gasteiger partial charge in [-0.3, -0.25) is 0 Å². The summed E-state index contributed by atoms with van der Waals surface area (Å²) in [4.78, 5) is 4.70. The van der Waals surface area contributed by atoms with Gasteiger partial charge in [-0.25, -0.2) is 8.42 Å². The Hall–Kier alpha value is -2.23. The van der Waals surface area contributed by atoms with E-state index in [4.69, 9.17) is 4.74 Å². The van der Waals surface area contributed by atoms with Crippen molar-refractivity contribution in [1.29, 1.82) is 0 Å². The van der Waals surface area contributed by atoms with Crippen LogP contribution in [0.5, 0.6) is 0 Å². The highest BCUT2D eigenvalue weighted by atomic mass is 32.2. The topological polar surface area (TPSA) is 78.9 Å². The predicted octanol–water partition coefficient (Wildman–Crippen LogP) is 1.39. The fourth-order valence-corrected chi connectivity index (χ4v) is 5.12. The molecule has 156 valence electrons. The number of nitrogens with zero attached hydrogens (tertiary/aromatic N) is 5. The Morgan fingerprint density at radius 3 is 2.31 bits per heavy atom. The highest BCUT2D eigenvalue weighted by molar-refractivity contribution is 7.89. The van der Waals surface area contributed by atoms with Crippen LogP contribution in [-0.4, -0.2) is 75.4 Å². The Morgan fingerprint density at radius 2 is 1.66 bits per heavy atom. The first-order chi connectivity index (χ1) is 14.1. The van der Waals surface area contributed by atoms with E-state index in [1.807, 2.05) is 18.2 Å². The van der Waals surface area contributed by atoms with Crippen LogP contribution in [0, 0.1) is 0 Å². The number of morpholine rings is 1. The molecule has 0 saturated carbocycles. The first-order valence-electron chi connectivity index (χ1n) is 10.1. The molecule has 0 amide bonds. The lowest BCUT2D eigenvalue weighted by molar-refractivity contribution is 0.122. The number of sulfonamides is 1. The summed E-state index contributed by atoms with van der Waals surface area (Å²) < 4.78 is 32.9. The molecule has 0 aliphatic carbocycles. The molecule has 4 rings (SSSR count). The van der Waals surface area contributed by atoms with Gasteiger partial charge in [0.1, 0.15) is 0 Å². The van der Waals surface area contributed by atoms with Crippen LogP contribution < -0.4 is 9.80 Å². The third kappa shape index (κ3) is 4.36. The Bertz CT molecular complexity index is 921. The number of hydrogen-bond acceptors (Lipinski definition) is 7. The van der Waals surface area contributed by atoms with Gasteiger partial charge in [-0.05, 0) is 24.1 Å². The van der Waals surface area contributed by atoms with Crippen LogP contribution in [0.15, 0.2) is 41.4 Å². The van der Waals surface area contributed by atoms with Crippen molar-refractivity contribution in [2.45, 2.75) is 18.2 Å². The third-order valence-corrected chi connectivity index (χ3v) is 7.45. The van der Waals surface area contributed by atoms with E-state index in [2.05, 4.69) is 26.9 Å². The van der Waals surface area contributed by atoms with Crippen LogP contribution in [0.25, 0.3) is 0 Å². The standard InChI is InChI=1S/C20H27N5O3S/c1-2-17-3-5-19(6-4-17)29(26,27)25-9-7-23(8-10-25)18-15-20(22-21-16-18)24-11-13-28-14-12-24/h3-6,15-16H,2,7-14H2,1H3. The maximum Gasteiger partial charge on any atom is 0.243 e. The molecule has 8 nitrogen and oxygen atoms in total. The van der Waals surface area contributed by atoms with Gasteiger partial charge in [-0.2, -0.15) is 9.40 Å². The monoisotopic (exact) mass is 417 g/mol. The number of ether oxygens (including phenoxy) is 1. The van der Waals surface area contributed by atoms with Gasteiger partial charge in [0.05, 0.1) is 30.0 Å². The van der Waals surface area contributed by atoms with E-state index < -0.39 is 10.0 Å². The molecule has 0 bridgehead atoms. The van der Waals surface area contributed by atoms with E-state index in [1.54, 1.807) is 22.6 Å². The van der Waals surface area contributed by atoms with Gasteiger partial charge in [0.25, 0.3) is 0 Å². The van der Waals surface area contributed by atoms with Gasteiger partial charge < -0.3 is 14.5 Å². The van der Waals surface area contributed by atoms with E-state index in [1.165, 1.54) is 0 Å². The SMILES string of the molecule is CCc1ccc(S(=O)(=O)N2CCN(c3cnnc(N4CCOCC4)c3)CC2)cc1. The lowest BCUT2D eigenvalue weighted by Crippen LogP contribution is -2.48. The summed E-state index contributed by atoms with van der Waals surface area (Å²) in [5.41, 5.74) is 2.11.